The van der Waals surface area contributed by atoms with Crippen molar-refractivity contribution in [3.05, 3.63) is 66.1 Å². The maximum Gasteiger partial charge on any atom is 0.287 e. The Labute approximate surface area is 163 Å². The van der Waals surface area contributed by atoms with E-state index in [-0.39, 0.29) is 23.9 Å². The second-order valence-electron chi connectivity index (χ2n) is 7.42. The summed E-state index contributed by atoms with van der Waals surface area (Å²) in [4.78, 5) is 12.4. The molecule has 0 saturated carbocycles. The van der Waals surface area contributed by atoms with E-state index in [9.17, 15) is 13.2 Å². The number of fused-ring (bicyclic) bond motifs is 1. The monoisotopic (exact) mass is 399 g/mol. The Bertz CT molecular complexity index is 1130. The first-order valence-electron chi connectivity index (χ1n) is 9.05. The zero-order valence-electron chi connectivity index (χ0n) is 15.5. The lowest BCUT2D eigenvalue weighted by Crippen LogP contribution is -2.46. The van der Waals surface area contributed by atoms with Gasteiger partial charge < -0.3 is 14.5 Å². The van der Waals surface area contributed by atoms with Crippen molar-refractivity contribution in [2.75, 3.05) is 11.5 Å². The molecule has 4 rings (SSSR count). The molecule has 1 aliphatic rings. The van der Waals surface area contributed by atoms with Crippen LogP contribution in [0.4, 0.5) is 0 Å². The van der Waals surface area contributed by atoms with Crippen LogP contribution in [-0.2, 0) is 16.4 Å². The fourth-order valence-corrected chi connectivity index (χ4v) is 5.53. The summed E-state index contributed by atoms with van der Waals surface area (Å²) in [5.74, 6) is 0.989. The Kier molecular flexibility index (Phi) is 4.63. The lowest BCUT2D eigenvalue weighted by atomic mass is 10.0. The van der Waals surface area contributed by atoms with Crippen molar-refractivity contribution < 1.29 is 22.4 Å². The number of carbonyl (C=O) groups is 1. The topological polar surface area (TPSA) is 85.6 Å². The number of hydrogen-bond acceptors (Lipinski definition) is 5. The van der Waals surface area contributed by atoms with Crippen LogP contribution in [0.25, 0.3) is 10.8 Å². The van der Waals surface area contributed by atoms with Crippen LogP contribution in [0.2, 0.25) is 0 Å². The van der Waals surface area contributed by atoms with Gasteiger partial charge >= 0.3 is 0 Å². The largest absolute Gasteiger partial charge is 0.486 e. The SMILES string of the molecule is CC1(NC(=O)c2ccc(COc3ccc4ccccc4c3)o2)CCS(=O)(=O)C1. The Balaban J connectivity index is 1.39. The highest BCUT2D eigenvalue weighted by Crippen LogP contribution is 2.24. The van der Waals surface area contributed by atoms with Gasteiger partial charge in [-0.05, 0) is 48.4 Å². The quantitative estimate of drug-likeness (QED) is 0.711. The van der Waals surface area contributed by atoms with Gasteiger partial charge in [0.05, 0.1) is 17.0 Å². The van der Waals surface area contributed by atoms with Crippen molar-refractivity contribution in [3.63, 3.8) is 0 Å². The highest BCUT2D eigenvalue weighted by Gasteiger charge is 2.39. The number of amides is 1. The highest BCUT2D eigenvalue weighted by molar-refractivity contribution is 7.91. The summed E-state index contributed by atoms with van der Waals surface area (Å²) in [5, 5.41) is 5.00. The van der Waals surface area contributed by atoms with E-state index < -0.39 is 21.3 Å². The molecule has 0 aliphatic carbocycles. The van der Waals surface area contributed by atoms with Crippen molar-refractivity contribution in [1.82, 2.24) is 5.32 Å². The Morgan fingerprint density at radius 1 is 1.14 bits per heavy atom. The van der Waals surface area contributed by atoms with Crippen LogP contribution < -0.4 is 10.1 Å². The molecule has 0 radical (unpaired) electrons. The predicted molar refractivity (Wildman–Crippen MR) is 106 cm³/mol. The predicted octanol–water partition coefficient (Wildman–Crippen LogP) is 3.32. The summed E-state index contributed by atoms with van der Waals surface area (Å²) in [6.45, 7) is 1.93. The average molecular weight is 399 g/mol. The molecular formula is C21H21NO5S. The molecule has 2 aromatic carbocycles. The van der Waals surface area contributed by atoms with Crippen molar-refractivity contribution >= 4 is 26.5 Å². The minimum absolute atomic E-state index is 0.0512. The third kappa shape index (κ3) is 4.04. The van der Waals surface area contributed by atoms with Gasteiger partial charge in [-0.25, -0.2) is 8.42 Å². The van der Waals surface area contributed by atoms with Crippen LogP contribution in [0.5, 0.6) is 5.75 Å². The average Bonchev–Trinajstić information content (AvgIpc) is 3.24. The molecule has 1 amide bonds. The number of ether oxygens (including phenoxy) is 1. The van der Waals surface area contributed by atoms with Gasteiger partial charge in [0.25, 0.3) is 5.91 Å². The summed E-state index contributed by atoms with van der Waals surface area (Å²) < 4.78 is 34.7. The lowest BCUT2D eigenvalue weighted by Gasteiger charge is -2.23. The van der Waals surface area contributed by atoms with E-state index in [2.05, 4.69) is 5.32 Å². The minimum Gasteiger partial charge on any atom is -0.486 e. The standard InChI is InChI=1S/C21H21NO5S/c1-21(10-11-28(24,25)14-21)22-20(23)19-9-8-18(27-19)13-26-17-7-6-15-4-2-3-5-16(15)12-17/h2-9,12H,10-11,13-14H2,1H3,(H,22,23). The second kappa shape index (κ2) is 6.98. The Morgan fingerprint density at radius 2 is 1.93 bits per heavy atom. The third-order valence-corrected chi connectivity index (χ3v) is 6.81. The van der Waals surface area contributed by atoms with Crippen molar-refractivity contribution in [3.8, 4) is 5.75 Å². The summed E-state index contributed by atoms with van der Waals surface area (Å²) >= 11 is 0. The number of nitrogens with one attached hydrogen (secondary N) is 1. The zero-order valence-corrected chi connectivity index (χ0v) is 16.3. The molecule has 1 unspecified atom stereocenters. The van der Waals surface area contributed by atoms with E-state index >= 15 is 0 Å². The molecule has 3 aromatic rings. The van der Waals surface area contributed by atoms with E-state index in [1.807, 2.05) is 42.5 Å². The number of rotatable bonds is 5. The van der Waals surface area contributed by atoms with Gasteiger partial charge in [-0.15, -0.1) is 0 Å². The Morgan fingerprint density at radius 3 is 2.68 bits per heavy atom. The zero-order chi connectivity index (χ0) is 19.8. The first-order chi connectivity index (χ1) is 13.3. The number of hydrogen-bond donors (Lipinski definition) is 1. The van der Waals surface area contributed by atoms with Crippen molar-refractivity contribution in [2.24, 2.45) is 0 Å². The normalized spacial score (nSPS) is 20.9. The molecule has 0 spiro atoms. The van der Waals surface area contributed by atoms with E-state index in [4.69, 9.17) is 9.15 Å². The molecule has 1 aliphatic heterocycles. The summed E-state index contributed by atoms with van der Waals surface area (Å²) in [5.41, 5.74) is -0.759. The van der Waals surface area contributed by atoms with Crippen molar-refractivity contribution in [1.29, 1.82) is 0 Å². The molecule has 28 heavy (non-hydrogen) atoms. The van der Waals surface area contributed by atoms with E-state index in [0.717, 1.165) is 10.8 Å². The molecule has 1 saturated heterocycles. The van der Waals surface area contributed by atoms with Crippen LogP contribution in [0.15, 0.2) is 59.0 Å². The molecule has 1 atom stereocenters. The van der Waals surface area contributed by atoms with Crippen LogP contribution >= 0.6 is 0 Å². The smallest absolute Gasteiger partial charge is 0.287 e. The molecule has 7 heteroatoms. The van der Waals surface area contributed by atoms with Gasteiger partial charge in [-0.1, -0.05) is 30.3 Å². The molecule has 1 aromatic heterocycles. The van der Waals surface area contributed by atoms with Gasteiger partial charge in [-0.2, -0.15) is 0 Å². The lowest BCUT2D eigenvalue weighted by molar-refractivity contribution is 0.0882. The minimum atomic E-state index is -3.10. The molecule has 2 heterocycles. The second-order valence-corrected chi connectivity index (χ2v) is 9.60. The van der Waals surface area contributed by atoms with E-state index in [1.54, 1.807) is 19.1 Å². The third-order valence-electron chi connectivity index (χ3n) is 4.91. The number of sulfone groups is 1. The van der Waals surface area contributed by atoms with E-state index in [1.165, 1.54) is 0 Å². The van der Waals surface area contributed by atoms with Crippen LogP contribution in [-0.4, -0.2) is 31.4 Å². The number of benzene rings is 2. The maximum absolute atomic E-state index is 12.4. The molecule has 1 fully saturated rings. The number of furan rings is 1. The summed E-state index contributed by atoms with van der Waals surface area (Å²) in [7, 11) is -3.10. The van der Waals surface area contributed by atoms with Gasteiger partial charge in [0, 0.05) is 0 Å². The summed E-state index contributed by atoms with van der Waals surface area (Å²) in [6, 6.07) is 17.1. The van der Waals surface area contributed by atoms with Gasteiger partial charge in [0.2, 0.25) is 0 Å². The fraction of sp³-hybridized carbons (Fsp3) is 0.286. The molecule has 0 bridgehead atoms. The van der Waals surface area contributed by atoms with Gasteiger partial charge in [-0.3, -0.25) is 4.79 Å². The van der Waals surface area contributed by atoms with Gasteiger partial charge in [0.1, 0.15) is 18.1 Å². The molecule has 6 nitrogen and oxygen atoms in total. The fourth-order valence-electron chi connectivity index (χ4n) is 3.43. The molecule has 1 N–H and O–H groups in total. The maximum atomic E-state index is 12.4. The number of carbonyl (C=O) groups excluding carboxylic acids is 1. The van der Waals surface area contributed by atoms with Crippen molar-refractivity contribution in [2.45, 2.75) is 25.5 Å². The van der Waals surface area contributed by atoms with Crippen LogP contribution in [0.1, 0.15) is 29.7 Å². The highest BCUT2D eigenvalue weighted by atomic mass is 32.2. The first-order valence-corrected chi connectivity index (χ1v) is 10.9. The summed E-state index contributed by atoms with van der Waals surface area (Å²) in [6.07, 6.45) is 0.402. The molecule has 146 valence electrons. The van der Waals surface area contributed by atoms with E-state index in [0.29, 0.717) is 17.9 Å². The van der Waals surface area contributed by atoms with Crippen LogP contribution in [0.3, 0.4) is 0 Å². The van der Waals surface area contributed by atoms with Gasteiger partial charge in [0.15, 0.2) is 15.6 Å². The van der Waals surface area contributed by atoms with Crippen LogP contribution in [0, 0.1) is 0 Å². The first kappa shape index (κ1) is 18.6. The molecular weight excluding hydrogens is 378 g/mol. The Hall–Kier alpha value is -2.80.